The minimum Gasteiger partial charge on any atom is -0.336 e. The lowest BCUT2D eigenvalue weighted by atomic mass is 10.0. The highest BCUT2D eigenvalue weighted by Gasteiger charge is 2.25. The molecule has 2 unspecified atom stereocenters. The Balaban J connectivity index is 1.63. The second-order valence-electron chi connectivity index (χ2n) is 7.54. The van der Waals surface area contributed by atoms with E-state index < -0.39 is 9.84 Å². The number of rotatable bonds is 4. The van der Waals surface area contributed by atoms with Gasteiger partial charge < -0.3 is 10.2 Å². The first kappa shape index (κ1) is 19.6. The van der Waals surface area contributed by atoms with E-state index in [4.69, 9.17) is 0 Å². The molecular formula is C20H26N2O4S. The number of benzene rings is 1. The Morgan fingerprint density at radius 3 is 2.67 bits per heavy atom. The summed E-state index contributed by atoms with van der Waals surface area (Å²) in [4.78, 5) is 26.9. The van der Waals surface area contributed by atoms with Crippen LogP contribution < -0.4 is 5.32 Å². The second kappa shape index (κ2) is 7.84. The lowest BCUT2D eigenvalue weighted by molar-refractivity contribution is -0.116. The van der Waals surface area contributed by atoms with E-state index in [1.807, 2.05) is 11.8 Å². The zero-order valence-electron chi connectivity index (χ0n) is 15.8. The number of nitrogens with one attached hydrogen (secondary N) is 1. The van der Waals surface area contributed by atoms with Crippen LogP contribution in [0.15, 0.2) is 29.7 Å². The summed E-state index contributed by atoms with van der Waals surface area (Å²) in [5, 5.41) is 4.01. The average Bonchev–Trinajstić information content (AvgIpc) is 2.95. The Morgan fingerprint density at radius 1 is 1.26 bits per heavy atom. The number of nitrogens with zero attached hydrogens (tertiary/aromatic N) is 1. The fourth-order valence-corrected chi connectivity index (χ4v) is 5.11. The van der Waals surface area contributed by atoms with Crippen molar-refractivity contribution in [2.45, 2.75) is 45.6 Å². The number of sulfone groups is 1. The standard InChI is InChI=1S/C20H26N2O4S/c1-14-11-17(20(24)22-9-4-3-5-15(22)2)6-7-18(14)21-19(23)12-16-8-10-27(25,26)13-16/h6-8,10-11,15-16H,3-5,9,12-13H2,1-2H3,(H,21,23). The van der Waals surface area contributed by atoms with Gasteiger partial charge in [0.1, 0.15) is 0 Å². The van der Waals surface area contributed by atoms with Gasteiger partial charge >= 0.3 is 0 Å². The van der Waals surface area contributed by atoms with Crippen LogP contribution in [0.3, 0.4) is 0 Å². The van der Waals surface area contributed by atoms with Crippen LogP contribution in [-0.2, 0) is 14.6 Å². The lowest BCUT2D eigenvalue weighted by Gasteiger charge is -2.33. The van der Waals surface area contributed by atoms with Crippen LogP contribution >= 0.6 is 0 Å². The summed E-state index contributed by atoms with van der Waals surface area (Å²) < 4.78 is 22.9. The Hall–Kier alpha value is -2.15. The highest BCUT2D eigenvalue weighted by atomic mass is 32.2. The molecule has 0 bridgehead atoms. The SMILES string of the molecule is Cc1cc(C(=O)N2CCCCC2C)ccc1NC(=O)CC1C=CS(=O)(=O)C1. The van der Waals surface area contributed by atoms with Gasteiger partial charge in [0.2, 0.25) is 5.91 Å². The summed E-state index contributed by atoms with van der Waals surface area (Å²) in [6.45, 7) is 4.72. The number of carbonyl (C=O) groups excluding carboxylic acids is 2. The van der Waals surface area contributed by atoms with Gasteiger partial charge in [0, 0.05) is 41.6 Å². The first-order valence-electron chi connectivity index (χ1n) is 9.37. The molecule has 7 heteroatoms. The zero-order chi connectivity index (χ0) is 19.6. The summed E-state index contributed by atoms with van der Waals surface area (Å²) in [5.41, 5.74) is 2.09. The number of piperidine rings is 1. The molecule has 1 aromatic carbocycles. The molecule has 2 atom stereocenters. The first-order chi connectivity index (χ1) is 12.7. The second-order valence-corrected chi connectivity index (χ2v) is 9.47. The van der Waals surface area contributed by atoms with Crippen molar-refractivity contribution < 1.29 is 18.0 Å². The first-order valence-corrected chi connectivity index (χ1v) is 11.1. The van der Waals surface area contributed by atoms with Crippen LogP contribution in [0.2, 0.25) is 0 Å². The normalized spacial score (nSPS) is 24.0. The number of hydrogen-bond donors (Lipinski definition) is 1. The van der Waals surface area contributed by atoms with Gasteiger partial charge in [-0.2, -0.15) is 0 Å². The van der Waals surface area contributed by atoms with Crippen LogP contribution in [0.1, 0.15) is 48.5 Å². The lowest BCUT2D eigenvalue weighted by Crippen LogP contribution is -2.42. The van der Waals surface area contributed by atoms with Crippen molar-refractivity contribution in [2.75, 3.05) is 17.6 Å². The number of allylic oxidation sites excluding steroid dienone is 1. The molecule has 3 rings (SSSR count). The van der Waals surface area contributed by atoms with E-state index in [9.17, 15) is 18.0 Å². The summed E-state index contributed by atoms with van der Waals surface area (Å²) in [5.74, 6) is -0.490. The molecule has 2 aliphatic heterocycles. The molecular weight excluding hydrogens is 364 g/mol. The van der Waals surface area contributed by atoms with Crippen molar-refractivity contribution in [3.8, 4) is 0 Å². The third kappa shape index (κ3) is 4.77. The number of likely N-dealkylation sites (tertiary alicyclic amines) is 1. The molecule has 6 nitrogen and oxygen atoms in total. The van der Waals surface area contributed by atoms with Crippen LogP contribution in [0, 0.1) is 12.8 Å². The van der Waals surface area contributed by atoms with Crippen LogP contribution in [0.25, 0.3) is 0 Å². The predicted octanol–water partition coefficient (Wildman–Crippen LogP) is 2.90. The molecule has 1 saturated heterocycles. The maximum atomic E-state index is 12.8. The highest BCUT2D eigenvalue weighted by molar-refractivity contribution is 7.94. The summed E-state index contributed by atoms with van der Waals surface area (Å²) >= 11 is 0. The number of carbonyl (C=O) groups is 2. The van der Waals surface area contributed by atoms with Crippen LogP contribution in [-0.4, -0.2) is 43.5 Å². The molecule has 0 saturated carbocycles. The van der Waals surface area contributed by atoms with Crippen molar-refractivity contribution in [3.05, 3.63) is 40.8 Å². The highest BCUT2D eigenvalue weighted by Crippen LogP contribution is 2.23. The largest absolute Gasteiger partial charge is 0.336 e. The molecule has 1 N–H and O–H groups in total. The number of amides is 2. The van der Waals surface area contributed by atoms with E-state index in [0.29, 0.717) is 11.3 Å². The van der Waals surface area contributed by atoms with Gasteiger partial charge in [-0.25, -0.2) is 8.42 Å². The molecule has 2 aliphatic rings. The summed E-state index contributed by atoms with van der Waals surface area (Å²) in [6.07, 6.45) is 4.93. The quantitative estimate of drug-likeness (QED) is 0.857. The zero-order valence-corrected chi connectivity index (χ0v) is 16.6. The molecule has 2 heterocycles. The molecule has 0 spiro atoms. The number of aryl methyl sites for hydroxylation is 1. The van der Waals surface area contributed by atoms with Gasteiger partial charge in [0.25, 0.3) is 5.91 Å². The monoisotopic (exact) mass is 390 g/mol. The van der Waals surface area contributed by atoms with Crippen molar-refractivity contribution in [2.24, 2.45) is 5.92 Å². The smallest absolute Gasteiger partial charge is 0.254 e. The summed E-state index contributed by atoms with van der Waals surface area (Å²) in [6, 6.07) is 5.54. The molecule has 2 amide bonds. The predicted molar refractivity (Wildman–Crippen MR) is 105 cm³/mol. The minimum absolute atomic E-state index is 0.0130. The molecule has 1 fully saturated rings. The van der Waals surface area contributed by atoms with E-state index in [2.05, 4.69) is 12.2 Å². The fraction of sp³-hybridized carbons (Fsp3) is 0.500. The Kier molecular flexibility index (Phi) is 5.69. The number of anilines is 1. The minimum atomic E-state index is -3.16. The van der Waals surface area contributed by atoms with Crippen molar-refractivity contribution in [1.82, 2.24) is 4.90 Å². The van der Waals surface area contributed by atoms with E-state index >= 15 is 0 Å². The van der Waals surface area contributed by atoms with E-state index in [1.165, 1.54) is 5.41 Å². The molecule has 27 heavy (non-hydrogen) atoms. The van der Waals surface area contributed by atoms with E-state index in [-0.39, 0.29) is 35.9 Å². The molecule has 146 valence electrons. The van der Waals surface area contributed by atoms with Crippen LogP contribution in [0.4, 0.5) is 5.69 Å². The van der Waals surface area contributed by atoms with Crippen molar-refractivity contribution in [1.29, 1.82) is 0 Å². The molecule has 0 radical (unpaired) electrons. The maximum absolute atomic E-state index is 12.8. The third-order valence-corrected chi connectivity index (χ3v) is 6.73. The van der Waals surface area contributed by atoms with Gasteiger partial charge in [-0.05, 0) is 56.9 Å². The summed E-state index contributed by atoms with van der Waals surface area (Å²) in [7, 11) is -3.16. The van der Waals surface area contributed by atoms with Crippen molar-refractivity contribution in [3.63, 3.8) is 0 Å². The maximum Gasteiger partial charge on any atom is 0.254 e. The molecule has 0 aliphatic carbocycles. The van der Waals surface area contributed by atoms with E-state index in [1.54, 1.807) is 24.3 Å². The third-order valence-electron chi connectivity index (χ3n) is 5.26. The average molecular weight is 391 g/mol. The Morgan fingerprint density at radius 2 is 2.04 bits per heavy atom. The Bertz CT molecular complexity index is 876. The molecule has 0 aromatic heterocycles. The van der Waals surface area contributed by atoms with Gasteiger partial charge in [-0.15, -0.1) is 0 Å². The van der Waals surface area contributed by atoms with Gasteiger partial charge in [0.05, 0.1) is 5.75 Å². The van der Waals surface area contributed by atoms with Crippen molar-refractivity contribution >= 4 is 27.3 Å². The number of hydrogen-bond acceptors (Lipinski definition) is 4. The van der Waals surface area contributed by atoms with E-state index in [0.717, 1.165) is 31.4 Å². The van der Waals surface area contributed by atoms with Gasteiger partial charge in [0.15, 0.2) is 9.84 Å². The van der Waals surface area contributed by atoms with Gasteiger partial charge in [-0.3, -0.25) is 9.59 Å². The topological polar surface area (TPSA) is 83.6 Å². The fourth-order valence-electron chi connectivity index (χ4n) is 3.71. The Labute approximate surface area is 160 Å². The van der Waals surface area contributed by atoms with Crippen LogP contribution in [0.5, 0.6) is 0 Å². The van der Waals surface area contributed by atoms with Gasteiger partial charge in [-0.1, -0.05) is 6.08 Å². The molecule has 1 aromatic rings.